The van der Waals surface area contributed by atoms with E-state index in [-0.39, 0.29) is 5.56 Å². The highest BCUT2D eigenvalue weighted by atomic mass is 16.1. The molecule has 0 fully saturated rings. The first kappa shape index (κ1) is 11.9. The molecule has 0 unspecified atom stereocenters. The zero-order valence-electron chi connectivity index (χ0n) is 10.4. The number of anilines is 1. The SMILES string of the molecule is CC(C)Cn1ccnc(NC2CC=CC2)c1=O. The molecule has 0 aliphatic heterocycles. The van der Waals surface area contributed by atoms with Crippen molar-refractivity contribution in [2.24, 2.45) is 5.92 Å². The van der Waals surface area contributed by atoms with Gasteiger partial charge in [0.2, 0.25) is 0 Å². The molecule has 92 valence electrons. The summed E-state index contributed by atoms with van der Waals surface area (Å²) in [7, 11) is 0. The molecule has 0 bridgehead atoms. The van der Waals surface area contributed by atoms with Crippen LogP contribution in [0.4, 0.5) is 5.82 Å². The van der Waals surface area contributed by atoms with Gasteiger partial charge in [0, 0.05) is 25.0 Å². The fraction of sp³-hybridized carbons (Fsp3) is 0.538. The van der Waals surface area contributed by atoms with Crippen LogP contribution in [0.2, 0.25) is 0 Å². The van der Waals surface area contributed by atoms with Gasteiger partial charge in [0.1, 0.15) is 0 Å². The maximum absolute atomic E-state index is 12.1. The highest BCUT2D eigenvalue weighted by Crippen LogP contribution is 2.12. The number of aromatic nitrogens is 2. The summed E-state index contributed by atoms with van der Waals surface area (Å²) in [6.45, 7) is 4.93. The van der Waals surface area contributed by atoms with E-state index < -0.39 is 0 Å². The van der Waals surface area contributed by atoms with Gasteiger partial charge in [-0.1, -0.05) is 26.0 Å². The molecule has 2 rings (SSSR count). The van der Waals surface area contributed by atoms with E-state index in [2.05, 4.69) is 36.3 Å². The van der Waals surface area contributed by atoms with Crippen LogP contribution in [0.25, 0.3) is 0 Å². The third kappa shape index (κ3) is 2.96. The maximum Gasteiger partial charge on any atom is 0.293 e. The van der Waals surface area contributed by atoms with Crippen molar-refractivity contribution in [2.45, 2.75) is 39.3 Å². The first-order valence-electron chi connectivity index (χ1n) is 6.14. The molecule has 1 heterocycles. The van der Waals surface area contributed by atoms with Crippen molar-refractivity contribution >= 4 is 5.82 Å². The number of hydrogen-bond donors (Lipinski definition) is 1. The minimum atomic E-state index is -0.0203. The van der Waals surface area contributed by atoms with Crippen molar-refractivity contribution in [2.75, 3.05) is 5.32 Å². The maximum atomic E-state index is 12.1. The van der Waals surface area contributed by atoms with Crippen molar-refractivity contribution in [1.29, 1.82) is 0 Å². The molecule has 0 radical (unpaired) electrons. The third-order valence-electron chi connectivity index (χ3n) is 2.82. The normalized spacial score (nSPS) is 15.7. The summed E-state index contributed by atoms with van der Waals surface area (Å²) in [6, 6.07) is 0.324. The first-order valence-corrected chi connectivity index (χ1v) is 6.14. The van der Waals surface area contributed by atoms with Gasteiger partial charge >= 0.3 is 0 Å². The Morgan fingerprint density at radius 2 is 2.18 bits per heavy atom. The highest BCUT2D eigenvalue weighted by molar-refractivity contribution is 5.33. The second-order valence-corrected chi connectivity index (χ2v) is 4.91. The predicted octanol–water partition coefficient (Wildman–Crippen LogP) is 2.03. The fourth-order valence-electron chi connectivity index (χ4n) is 2.01. The molecule has 0 saturated heterocycles. The van der Waals surface area contributed by atoms with Crippen molar-refractivity contribution < 1.29 is 0 Å². The van der Waals surface area contributed by atoms with E-state index >= 15 is 0 Å². The van der Waals surface area contributed by atoms with Gasteiger partial charge in [-0.25, -0.2) is 4.98 Å². The minimum absolute atomic E-state index is 0.0203. The Hall–Kier alpha value is -1.58. The van der Waals surface area contributed by atoms with E-state index in [4.69, 9.17) is 0 Å². The van der Waals surface area contributed by atoms with Gasteiger partial charge in [0.05, 0.1) is 0 Å². The van der Waals surface area contributed by atoms with E-state index in [0.29, 0.717) is 17.8 Å². The average molecular weight is 233 g/mol. The quantitative estimate of drug-likeness (QED) is 0.809. The summed E-state index contributed by atoms with van der Waals surface area (Å²) in [6.07, 6.45) is 9.65. The van der Waals surface area contributed by atoms with Gasteiger partial charge < -0.3 is 9.88 Å². The van der Waals surface area contributed by atoms with E-state index in [1.807, 2.05) is 0 Å². The summed E-state index contributed by atoms with van der Waals surface area (Å²) in [5.74, 6) is 0.929. The Kier molecular flexibility index (Phi) is 3.61. The van der Waals surface area contributed by atoms with Crippen LogP contribution in [0.5, 0.6) is 0 Å². The van der Waals surface area contributed by atoms with Crippen LogP contribution in [0.3, 0.4) is 0 Å². The molecule has 0 spiro atoms. The lowest BCUT2D eigenvalue weighted by Crippen LogP contribution is -2.29. The largest absolute Gasteiger partial charge is 0.362 e. The Morgan fingerprint density at radius 3 is 2.82 bits per heavy atom. The molecule has 4 heteroatoms. The summed E-state index contributed by atoms with van der Waals surface area (Å²) in [5.41, 5.74) is -0.0203. The van der Waals surface area contributed by atoms with Crippen LogP contribution in [0, 0.1) is 5.92 Å². The molecule has 0 amide bonds. The molecule has 4 nitrogen and oxygen atoms in total. The van der Waals surface area contributed by atoms with Crippen LogP contribution in [0.15, 0.2) is 29.3 Å². The van der Waals surface area contributed by atoms with Gasteiger partial charge in [0.15, 0.2) is 5.82 Å². The van der Waals surface area contributed by atoms with Crippen LogP contribution in [-0.4, -0.2) is 15.6 Å². The number of hydrogen-bond acceptors (Lipinski definition) is 3. The van der Waals surface area contributed by atoms with E-state index in [1.54, 1.807) is 17.0 Å². The van der Waals surface area contributed by atoms with Gasteiger partial charge in [-0.05, 0) is 18.8 Å². The minimum Gasteiger partial charge on any atom is -0.362 e. The number of nitrogens with zero attached hydrogens (tertiary/aromatic N) is 2. The summed E-state index contributed by atoms with van der Waals surface area (Å²) in [4.78, 5) is 16.2. The standard InChI is InChI=1S/C13H19N3O/c1-10(2)9-16-8-7-14-12(13(16)17)15-11-5-3-4-6-11/h3-4,7-8,10-11H,5-6,9H2,1-2H3,(H,14,15). The van der Waals surface area contributed by atoms with Crippen molar-refractivity contribution in [3.05, 3.63) is 34.9 Å². The number of rotatable bonds is 4. The Morgan fingerprint density at radius 1 is 1.47 bits per heavy atom. The van der Waals surface area contributed by atoms with Crippen molar-refractivity contribution in [3.8, 4) is 0 Å². The van der Waals surface area contributed by atoms with Crippen LogP contribution in [-0.2, 0) is 6.54 Å². The third-order valence-corrected chi connectivity index (χ3v) is 2.82. The average Bonchev–Trinajstić information content (AvgIpc) is 2.76. The molecular formula is C13H19N3O. The Labute approximate surface area is 101 Å². The molecule has 0 aromatic carbocycles. The van der Waals surface area contributed by atoms with E-state index in [0.717, 1.165) is 19.4 Å². The zero-order chi connectivity index (χ0) is 12.3. The summed E-state index contributed by atoms with van der Waals surface area (Å²) < 4.78 is 1.72. The van der Waals surface area contributed by atoms with Crippen molar-refractivity contribution in [3.63, 3.8) is 0 Å². The Bertz CT molecular complexity index is 454. The van der Waals surface area contributed by atoms with E-state index in [1.165, 1.54) is 0 Å². The molecule has 0 atom stereocenters. The molecule has 1 N–H and O–H groups in total. The number of nitrogens with one attached hydrogen (secondary N) is 1. The highest BCUT2D eigenvalue weighted by Gasteiger charge is 2.13. The second kappa shape index (κ2) is 5.17. The topological polar surface area (TPSA) is 46.9 Å². The molecule has 1 aromatic heterocycles. The van der Waals surface area contributed by atoms with Crippen LogP contribution in [0.1, 0.15) is 26.7 Å². The van der Waals surface area contributed by atoms with E-state index in [9.17, 15) is 4.79 Å². The molecular weight excluding hydrogens is 214 g/mol. The van der Waals surface area contributed by atoms with Gasteiger partial charge in [-0.15, -0.1) is 0 Å². The lowest BCUT2D eigenvalue weighted by molar-refractivity contribution is 0.509. The molecule has 1 aliphatic rings. The zero-order valence-corrected chi connectivity index (χ0v) is 10.4. The van der Waals surface area contributed by atoms with Crippen molar-refractivity contribution in [1.82, 2.24) is 9.55 Å². The molecule has 0 saturated carbocycles. The fourth-order valence-corrected chi connectivity index (χ4v) is 2.01. The second-order valence-electron chi connectivity index (χ2n) is 4.91. The monoisotopic (exact) mass is 233 g/mol. The first-order chi connectivity index (χ1) is 8.16. The summed E-state index contributed by atoms with van der Waals surface area (Å²) in [5, 5.41) is 3.22. The molecule has 17 heavy (non-hydrogen) atoms. The summed E-state index contributed by atoms with van der Waals surface area (Å²) >= 11 is 0. The van der Waals surface area contributed by atoms with Gasteiger partial charge in [0.25, 0.3) is 5.56 Å². The van der Waals surface area contributed by atoms with Crippen LogP contribution >= 0.6 is 0 Å². The lowest BCUT2D eigenvalue weighted by atomic mass is 10.2. The lowest BCUT2D eigenvalue weighted by Gasteiger charge is -2.14. The predicted molar refractivity (Wildman–Crippen MR) is 69.1 cm³/mol. The van der Waals surface area contributed by atoms with Crippen LogP contribution < -0.4 is 10.9 Å². The Balaban J connectivity index is 2.14. The smallest absolute Gasteiger partial charge is 0.293 e. The molecule has 1 aromatic rings. The molecule has 1 aliphatic carbocycles. The van der Waals surface area contributed by atoms with Gasteiger partial charge in [-0.3, -0.25) is 4.79 Å². The van der Waals surface area contributed by atoms with Gasteiger partial charge in [-0.2, -0.15) is 0 Å².